The van der Waals surface area contributed by atoms with Crippen LogP contribution in [0.15, 0.2) is 12.3 Å². The number of nitrogens with zero attached hydrogens (tertiary/aromatic N) is 2. The van der Waals surface area contributed by atoms with Gasteiger partial charge in [-0.3, -0.25) is 4.68 Å². The van der Waals surface area contributed by atoms with Gasteiger partial charge in [-0.15, -0.1) is 0 Å². The Balaban J connectivity index is 2.63. The fourth-order valence-corrected chi connectivity index (χ4v) is 1.57. The van der Waals surface area contributed by atoms with Gasteiger partial charge in [-0.1, -0.05) is 0 Å². The second-order valence-corrected chi connectivity index (χ2v) is 4.61. The first-order valence-electron chi connectivity index (χ1n) is 5.23. The van der Waals surface area contributed by atoms with E-state index in [1.165, 1.54) is 5.69 Å². The molecular formula is C11H21N3. The molecule has 0 amide bonds. The van der Waals surface area contributed by atoms with E-state index in [1.807, 2.05) is 13.2 Å². The summed E-state index contributed by atoms with van der Waals surface area (Å²) in [5, 5.41) is 7.52. The van der Waals surface area contributed by atoms with Crippen LogP contribution in [0, 0.1) is 0 Å². The van der Waals surface area contributed by atoms with E-state index in [4.69, 9.17) is 0 Å². The van der Waals surface area contributed by atoms with Gasteiger partial charge < -0.3 is 5.32 Å². The number of hydrogen-bond donors (Lipinski definition) is 1. The lowest BCUT2D eigenvalue weighted by molar-refractivity contribution is 0.342. The van der Waals surface area contributed by atoms with Crippen molar-refractivity contribution in [3.8, 4) is 0 Å². The Morgan fingerprint density at radius 3 is 2.71 bits per heavy atom. The van der Waals surface area contributed by atoms with Gasteiger partial charge in [-0.05, 0) is 53.3 Å². The molecule has 1 aromatic heterocycles. The highest BCUT2D eigenvalue weighted by Crippen LogP contribution is 2.16. The van der Waals surface area contributed by atoms with Crippen molar-refractivity contribution in [3.63, 3.8) is 0 Å². The molecule has 0 aliphatic carbocycles. The summed E-state index contributed by atoms with van der Waals surface area (Å²) < 4.78 is 2.11. The summed E-state index contributed by atoms with van der Waals surface area (Å²) in [5.41, 5.74) is 1.42. The second kappa shape index (κ2) is 4.60. The van der Waals surface area contributed by atoms with Crippen LogP contribution >= 0.6 is 0 Å². The molecule has 3 heteroatoms. The summed E-state index contributed by atoms with van der Waals surface area (Å²) in [7, 11) is 1.99. The molecule has 0 aromatic carbocycles. The second-order valence-electron chi connectivity index (χ2n) is 4.61. The smallest absolute Gasteiger partial charge is 0.0546 e. The summed E-state index contributed by atoms with van der Waals surface area (Å²) in [6.45, 7) is 7.61. The summed E-state index contributed by atoms with van der Waals surface area (Å²) in [6.07, 6.45) is 4.15. The maximum atomic E-state index is 4.36. The standard InChI is InChI=1S/C11H21N3/c1-11(2,3)14-10(7-9-13-14)6-5-8-12-4/h7,9,12H,5-6,8H2,1-4H3. The molecule has 1 rings (SSSR count). The van der Waals surface area contributed by atoms with Crippen molar-refractivity contribution >= 4 is 0 Å². The van der Waals surface area contributed by atoms with Crippen LogP contribution in [0.25, 0.3) is 0 Å². The van der Waals surface area contributed by atoms with Crippen LogP contribution in [0.2, 0.25) is 0 Å². The fraction of sp³-hybridized carbons (Fsp3) is 0.727. The van der Waals surface area contributed by atoms with E-state index in [9.17, 15) is 0 Å². The van der Waals surface area contributed by atoms with Crippen LogP contribution in [0.4, 0.5) is 0 Å². The first-order chi connectivity index (χ1) is 6.55. The Bertz CT molecular complexity index is 270. The third-order valence-electron chi connectivity index (χ3n) is 2.22. The summed E-state index contributed by atoms with van der Waals surface area (Å²) >= 11 is 0. The zero-order valence-electron chi connectivity index (χ0n) is 9.67. The lowest BCUT2D eigenvalue weighted by Gasteiger charge is -2.22. The third-order valence-corrected chi connectivity index (χ3v) is 2.22. The zero-order chi connectivity index (χ0) is 10.6. The van der Waals surface area contributed by atoms with Crippen LogP contribution in [-0.4, -0.2) is 23.4 Å². The quantitative estimate of drug-likeness (QED) is 0.742. The zero-order valence-corrected chi connectivity index (χ0v) is 9.67. The Morgan fingerprint density at radius 1 is 1.43 bits per heavy atom. The molecule has 0 unspecified atom stereocenters. The fourth-order valence-electron chi connectivity index (χ4n) is 1.57. The molecule has 0 fully saturated rings. The molecule has 0 aliphatic heterocycles. The minimum atomic E-state index is 0.0957. The van der Waals surface area contributed by atoms with Crippen molar-refractivity contribution in [1.29, 1.82) is 0 Å². The maximum Gasteiger partial charge on any atom is 0.0546 e. The van der Waals surface area contributed by atoms with Crippen LogP contribution < -0.4 is 5.32 Å². The molecule has 0 radical (unpaired) electrons. The molecule has 14 heavy (non-hydrogen) atoms. The van der Waals surface area contributed by atoms with Crippen LogP contribution in [0.3, 0.4) is 0 Å². The van der Waals surface area contributed by atoms with Gasteiger partial charge in [-0.25, -0.2) is 0 Å². The van der Waals surface area contributed by atoms with Crippen molar-refractivity contribution in [2.24, 2.45) is 0 Å². The maximum absolute atomic E-state index is 4.36. The normalized spacial score (nSPS) is 12.0. The molecule has 0 aliphatic rings. The molecule has 1 aromatic rings. The monoisotopic (exact) mass is 195 g/mol. The number of aryl methyl sites for hydroxylation is 1. The van der Waals surface area contributed by atoms with E-state index >= 15 is 0 Å². The lowest BCUT2D eigenvalue weighted by atomic mass is 10.1. The van der Waals surface area contributed by atoms with Crippen LogP contribution in [0.5, 0.6) is 0 Å². The average molecular weight is 195 g/mol. The van der Waals surface area contributed by atoms with E-state index in [2.05, 4.69) is 41.9 Å². The number of aromatic nitrogens is 2. The van der Waals surface area contributed by atoms with E-state index in [1.54, 1.807) is 0 Å². The van der Waals surface area contributed by atoms with Gasteiger partial charge in [-0.2, -0.15) is 5.10 Å². The SMILES string of the molecule is CNCCCc1ccnn1C(C)(C)C. The molecule has 80 valence electrons. The lowest BCUT2D eigenvalue weighted by Crippen LogP contribution is -2.25. The number of hydrogen-bond acceptors (Lipinski definition) is 2. The van der Waals surface area contributed by atoms with Gasteiger partial charge >= 0.3 is 0 Å². The molecule has 0 saturated carbocycles. The summed E-state index contributed by atoms with van der Waals surface area (Å²) in [6, 6.07) is 2.11. The summed E-state index contributed by atoms with van der Waals surface area (Å²) in [4.78, 5) is 0. The minimum Gasteiger partial charge on any atom is -0.320 e. The van der Waals surface area contributed by atoms with Crippen molar-refractivity contribution in [1.82, 2.24) is 15.1 Å². The van der Waals surface area contributed by atoms with Gasteiger partial charge in [0.2, 0.25) is 0 Å². The van der Waals surface area contributed by atoms with E-state index in [-0.39, 0.29) is 5.54 Å². The first kappa shape index (κ1) is 11.2. The van der Waals surface area contributed by atoms with Crippen molar-refractivity contribution in [2.45, 2.75) is 39.2 Å². The number of nitrogens with one attached hydrogen (secondary N) is 1. The minimum absolute atomic E-state index is 0.0957. The van der Waals surface area contributed by atoms with Crippen LogP contribution in [0.1, 0.15) is 32.9 Å². The highest BCUT2D eigenvalue weighted by atomic mass is 15.3. The van der Waals surface area contributed by atoms with E-state index < -0.39 is 0 Å². The van der Waals surface area contributed by atoms with Gasteiger partial charge in [0.1, 0.15) is 0 Å². The predicted octanol–water partition coefficient (Wildman–Crippen LogP) is 1.79. The van der Waals surface area contributed by atoms with E-state index in [0.717, 1.165) is 19.4 Å². The number of rotatable bonds is 4. The molecule has 0 bridgehead atoms. The third kappa shape index (κ3) is 2.84. The Hall–Kier alpha value is -0.830. The topological polar surface area (TPSA) is 29.9 Å². The molecule has 3 nitrogen and oxygen atoms in total. The first-order valence-corrected chi connectivity index (χ1v) is 5.23. The molecule has 0 saturated heterocycles. The molecular weight excluding hydrogens is 174 g/mol. The van der Waals surface area contributed by atoms with Crippen molar-refractivity contribution in [2.75, 3.05) is 13.6 Å². The van der Waals surface area contributed by atoms with Gasteiger partial charge in [0.25, 0.3) is 0 Å². The van der Waals surface area contributed by atoms with Gasteiger partial charge in [0.15, 0.2) is 0 Å². The highest BCUT2D eigenvalue weighted by Gasteiger charge is 2.16. The van der Waals surface area contributed by atoms with Crippen molar-refractivity contribution in [3.05, 3.63) is 18.0 Å². The molecule has 1 N–H and O–H groups in total. The largest absolute Gasteiger partial charge is 0.320 e. The van der Waals surface area contributed by atoms with Crippen LogP contribution in [-0.2, 0) is 12.0 Å². The Labute approximate surface area is 86.5 Å². The average Bonchev–Trinajstić information content (AvgIpc) is 2.52. The molecule has 1 heterocycles. The highest BCUT2D eigenvalue weighted by molar-refractivity contribution is 5.03. The van der Waals surface area contributed by atoms with Gasteiger partial charge in [0, 0.05) is 11.9 Å². The van der Waals surface area contributed by atoms with Gasteiger partial charge in [0.05, 0.1) is 5.54 Å². The Kier molecular flexibility index (Phi) is 3.69. The Morgan fingerprint density at radius 2 is 2.14 bits per heavy atom. The van der Waals surface area contributed by atoms with Crippen molar-refractivity contribution < 1.29 is 0 Å². The summed E-state index contributed by atoms with van der Waals surface area (Å²) in [5.74, 6) is 0. The molecule has 0 atom stereocenters. The molecule has 0 spiro atoms. The predicted molar refractivity (Wildman–Crippen MR) is 59.5 cm³/mol. The van der Waals surface area contributed by atoms with E-state index in [0.29, 0.717) is 0 Å².